The van der Waals surface area contributed by atoms with Crippen molar-refractivity contribution >= 4 is 14.0 Å². The third-order valence-corrected chi connectivity index (χ3v) is 8.64. The van der Waals surface area contributed by atoms with Gasteiger partial charge in [-0.05, 0) is 6.92 Å². The molecular weight excluding hydrogens is 216 g/mol. The zero-order valence-corrected chi connectivity index (χ0v) is 12.2. The quantitative estimate of drug-likeness (QED) is 0.511. The first-order chi connectivity index (χ1) is 7.51. The highest BCUT2D eigenvalue weighted by atomic mass is 28.3. The fraction of sp³-hybridized carbons (Fsp3) is 0.769. The summed E-state index contributed by atoms with van der Waals surface area (Å²) in [5.74, 6) is -0.750. The average molecular weight is 242 g/mol. The summed E-state index contributed by atoms with van der Waals surface area (Å²) in [7, 11) is -1.46. The second-order valence-corrected chi connectivity index (χ2v) is 9.26. The minimum absolute atomic E-state index is 0.557. The van der Waals surface area contributed by atoms with Gasteiger partial charge in [-0.3, -0.25) is 0 Å². The number of carbonyl (C=O) groups is 1. The van der Waals surface area contributed by atoms with Crippen LogP contribution in [0.5, 0.6) is 0 Å². The minimum atomic E-state index is -1.46. The topological polar surface area (TPSA) is 37.3 Å². The monoisotopic (exact) mass is 242 g/mol. The third-order valence-electron chi connectivity index (χ3n) is 3.10. The Kier molecular flexibility index (Phi) is 7.39. The van der Waals surface area contributed by atoms with Gasteiger partial charge >= 0.3 is 5.97 Å². The SMILES string of the molecule is CCC[Si](/C=C(\C)C(=O)O)(CCC)CCC. The van der Waals surface area contributed by atoms with Gasteiger partial charge in [0.15, 0.2) is 0 Å². The highest BCUT2D eigenvalue weighted by Crippen LogP contribution is 2.28. The molecule has 0 rings (SSSR count). The van der Waals surface area contributed by atoms with Gasteiger partial charge in [-0.1, -0.05) is 63.9 Å². The summed E-state index contributed by atoms with van der Waals surface area (Å²) in [6.45, 7) is 8.36. The Morgan fingerprint density at radius 2 is 1.44 bits per heavy atom. The van der Waals surface area contributed by atoms with E-state index in [4.69, 9.17) is 5.11 Å². The zero-order valence-electron chi connectivity index (χ0n) is 11.2. The van der Waals surface area contributed by atoms with Crippen molar-refractivity contribution in [2.24, 2.45) is 0 Å². The van der Waals surface area contributed by atoms with E-state index in [0.717, 1.165) is 0 Å². The minimum Gasteiger partial charge on any atom is -0.478 e. The van der Waals surface area contributed by atoms with Gasteiger partial charge in [-0.15, -0.1) is 0 Å². The summed E-state index contributed by atoms with van der Waals surface area (Å²) in [4.78, 5) is 10.9. The summed E-state index contributed by atoms with van der Waals surface area (Å²) in [5.41, 5.74) is 2.70. The van der Waals surface area contributed by atoms with Crippen molar-refractivity contribution in [2.75, 3.05) is 0 Å². The molecular formula is C13H26O2Si. The van der Waals surface area contributed by atoms with Crippen molar-refractivity contribution in [1.29, 1.82) is 0 Å². The van der Waals surface area contributed by atoms with Crippen LogP contribution in [0.4, 0.5) is 0 Å². The molecule has 1 N–H and O–H groups in total. The Labute approximate surface area is 101 Å². The first-order valence-corrected chi connectivity index (χ1v) is 9.14. The molecule has 0 heterocycles. The highest BCUT2D eigenvalue weighted by Gasteiger charge is 2.28. The number of hydrogen-bond donors (Lipinski definition) is 1. The number of hydrogen-bond acceptors (Lipinski definition) is 1. The van der Waals surface area contributed by atoms with Crippen LogP contribution in [0.25, 0.3) is 0 Å². The Morgan fingerprint density at radius 1 is 1.06 bits per heavy atom. The molecule has 0 aromatic heterocycles. The standard InChI is InChI=1S/C13H26O2Si/c1-5-8-16(9-6-2,10-7-3)11-12(4)13(14)15/h11H,5-10H2,1-4H3,(H,14,15)/b12-11+. The lowest BCUT2D eigenvalue weighted by molar-refractivity contribution is -0.132. The Balaban J connectivity index is 4.99. The van der Waals surface area contributed by atoms with Gasteiger partial charge in [0.1, 0.15) is 0 Å². The Bertz CT molecular complexity index is 229. The van der Waals surface area contributed by atoms with E-state index in [1.165, 1.54) is 37.4 Å². The van der Waals surface area contributed by atoms with Crippen LogP contribution in [0.1, 0.15) is 47.0 Å². The molecule has 0 fully saturated rings. The smallest absolute Gasteiger partial charge is 0.330 e. The average Bonchev–Trinajstić information content (AvgIpc) is 2.18. The van der Waals surface area contributed by atoms with Crippen LogP contribution in [0.3, 0.4) is 0 Å². The fourth-order valence-corrected chi connectivity index (χ4v) is 7.82. The lowest BCUT2D eigenvalue weighted by Crippen LogP contribution is -2.32. The van der Waals surface area contributed by atoms with Gasteiger partial charge < -0.3 is 5.11 Å². The van der Waals surface area contributed by atoms with Gasteiger partial charge in [-0.2, -0.15) is 0 Å². The van der Waals surface area contributed by atoms with Crippen molar-refractivity contribution in [2.45, 2.75) is 65.1 Å². The predicted molar refractivity (Wildman–Crippen MR) is 72.4 cm³/mol. The fourth-order valence-electron chi connectivity index (χ4n) is 2.61. The number of rotatable bonds is 8. The molecule has 0 aromatic rings. The maximum atomic E-state index is 10.9. The first kappa shape index (κ1) is 15.4. The number of carboxylic acid groups (broad SMARTS) is 1. The molecule has 2 nitrogen and oxygen atoms in total. The molecule has 0 aliphatic carbocycles. The zero-order chi connectivity index (χ0) is 12.6. The number of aliphatic carboxylic acids is 1. The molecule has 0 amide bonds. The van der Waals surface area contributed by atoms with Gasteiger partial charge in [0, 0.05) is 5.57 Å². The van der Waals surface area contributed by atoms with Gasteiger partial charge in [0.2, 0.25) is 0 Å². The largest absolute Gasteiger partial charge is 0.478 e. The Morgan fingerprint density at radius 3 is 1.69 bits per heavy atom. The maximum absolute atomic E-state index is 10.9. The van der Waals surface area contributed by atoms with Crippen molar-refractivity contribution in [1.82, 2.24) is 0 Å². The van der Waals surface area contributed by atoms with Crippen molar-refractivity contribution in [3.63, 3.8) is 0 Å². The second-order valence-electron chi connectivity index (χ2n) is 4.74. The molecule has 0 saturated heterocycles. The summed E-state index contributed by atoms with van der Waals surface area (Å²) >= 11 is 0. The van der Waals surface area contributed by atoms with E-state index in [-0.39, 0.29) is 0 Å². The Hall–Kier alpha value is -0.573. The normalized spacial score (nSPS) is 12.9. The van der Waals surface area contributed by atoms with Crippen LogP contribution < -0.4 is 0 Å². The van der Waals surface area contributed by atoms with Crippen LogP contribution in [0.2, 0.25) is 18.1 Å². The van der Waals surface area contributed by atoms with Crippen LogP contribution in [-0.2, 0) is 4.79 Å². The lowest BCUT2D eigenvalue weighted by atomic mass is 10.4. The molecule has 0 atom stereocenters. The maximum Gasteiger partial charge on any atom is 0.330 e. The van der Waals surface area contributed by atoms with E-state index in [9.17, 15) is 4.79 Å². The van der Waals surface area contributed by atoms with Crippen LogP contribution in [-0.4, -0.2) is 19.1 Å². The highest BCUT2D eigenvalue weighted by molar-refractivity contribution is 6.84. The van der Waals surface area contributed by atoms with Crippen molar-refractivity contribution in [3.8, 4) is 0 Å². The molecule has 3 heteroatoms. The summed E-state index contributed by atoms with van der Waals surface area (Å²) in [5, 5.41) is 9.00. The molecule has 0 radical (unpaired) electrons. The van der Waals surface area contributed by atoms with E-state index >= 15 is 0 Å². The molecule has 0 unspecified atom stereocenters. The molecule has 0 aromatic carbocycles. The van der Waals surface area contributed by atoms with Gasteiger partial charge in [0.25, 0.3) is 0 Å². The first-order valence-electron chi connectivity index (χ1n) is 6.44. The van der Waals surface area contributed by atoms with Crippen molar-refractivity contribution < 1.29 is 9.90 Å². The van der Waals surface area contributed by atoms with E-state index in [0.29, 0.717) is 5.57 Å². The summed E-state index contributed by atoms with van der Waals surface area (Å²) < 4.78 is 0. The van der Waals surface area contributed by atoms with Crippen LogP contribution in [0, 0.1) is 0 Å². The lowest BCUT2D eigenvalue weighted by Gasteiger charge is -2.28. The molecule has 0 aliphatic heterocycles. The summed E-state index contributed by atoms with van der Waals surface area (Å²) in [6, 6.07) is 3.71. The van der Waals surface area contributed by atoms with E-state index in [1.54, 1.807) is 6.92 Å². The molecule has 0 bridgehead atoms. The van der Waals surface area contributed by atoms with E-state index in [1.807, 2.05) is 0 Å². The van der Waals surface area contributed by atoms with Crippen molar-refractivity contribution in [3.05, 3.63) is 11.3 Å². The molecule has 0 saturated carbocycles. The molecule has 0 aliphatic rings. The van der Waals surface area contributed by atoms with E-state index < -0.39 is 14.0 Å². The molecule has 0 spiro atoms. The van der Waals surface area contributed by atoms with Gasteiger partial charge in [-0.25, -0.2) is 4.79 Å². The molecule has 94 valence electrons. The predicted octanol–water partition coefficient (Wildman–Crippen LogP) is 4.24. The summed E-state index contributed by atoms with van der Waals surface area (Å²) in [6.07, 6.45) is 3.53. The van der Waals surface area contributed by atoms with Crippen LogP contribution in [0.15, 0.2) is 11.3 Å². The van der Waals surface area contributed by atoms with Crippen LogP contribution >= 0.6 is 0 Å². The third kappa shape index (κ3) is 4.97. The molecule has 16 heavy (non-hydrogen) atoms. The van der Waals surface area contributed by atoms with Gasteiger partial charge in [0.05, 0.1) is 8.07 Å². The number of carboxylic acids is 1. The second kappa shape index (κ2) is 7.66. The van der Waals surface area contributed by atoms with E-state index in [2.05, 4.69) is 26.5 Å².